The molecule has 2 atom stereocenters. The van der Waals surface area contributed by atoms with E-state index in [0.717, 1.165) is 44.2 Å². The molecule has 134 valence electrons. The minimum atomic E-state index is -0.673. The Morgan fingerprint density at radius 1 is 1.20 bits per heavy atom. The van der Waals surface area contributed by atoms with Gasteiger partial charge in [-0.1, -0.05) is 36.8 Å². The molecule has 5 heteroatoms. The van der Waals surface area contributed by atoms with E-state index in [1.54, 1.807) is 0 Å². The van der Waals surface area contributed by atoms with Gasteiger partial charge in [0.15, 0.2) is 0 Å². The maximum atomic E-state index is 12.9. The summed E-state index contributed by atoms with van der Waals surface area (Å²) in [6.45, 7) is 2.30. The first kappa shape index (κ1) is 16.6. The van der Waals surface area contributed by atoms with Crippen LogP contribution in [-0.4, -0.2) is 52.5 Å². The smallest absolute Gasteiger partial charge is 0.311 e. The number of fused-ring (bicyclic) bond motifs is 1. The third kappa shape index (κ3) is 3.17. The number of amides is 1. The molecule has 0 bridgehead atoms. The monoisotopic (exact) mass is 342 g/mol. The molecule has 0 aromatic heterocycles. The zero-order chi connectivity index (χ0) is 17.4. The summed E-state index contributed by atoms with van der Waals surface area (Å²) in [5.41, 5.74) is 0.549. The Bertz CT molecular complexity index is 658. The molecule has 0 radical (unpaired) electrons. The second-order valence-electron chi connectivity index (χ2n) is 7.96. The van der Waals surface area contributed by atoms with E-state index in [1.807, 2.05) is 23.1 Å². The second kappa shape index (κ2) is 6.45. The van der Waals surface area contributed by atoms with E-state index in [2.05, 4.69) is 17.0 Å². The first-order chi connectivity index (χ1) is 12.1. The Hall–Kier alpha value is -1.88. The van der Waals surface area contributed by atoms with Crippen LogP contribution in [-0.2, 0) is 16.1 Å². The molecule has 5 nitrogen and oxygen atoms in total. The Balaban J connectivity index is 1.41. The number of carbonyl (C=O) groups excluding carboxylic acids is 1. The molecule has 1 heterocycles. The minimum absolute atomic E-state index is 0.145. The summed E-state index contributed by atoms with van der Waals surface area (Å²) < 4.78 is 0. The van der Waals surface area contributed by atoms with Crippen LogP contribution in [0.4, 0.5) is 0 Å². The molecule has 3 aliphatic rings. The number of carboxylic acid groups (broad SMARTS) is 1. The van der Waals surface area contributed by atoms with Crippen molar-refractivity contribution in [2.45, 2.75) is 44.7 Å². The van der Waals surface area contributed by atoms with Crippen LogP contribution < -0.4 is 0 Å². The summed E-state index contributed by atoms with van der Waals surface area (Å²) in [5.74, 6) is -0.318. The molecule has 0 spiro atoms. The molecule has 3 fully saturated rings. The fourth-order valence-corrected chi connectivity index (χ4v) is 4.73. The highest BCUT2D eigenvalue weighted by Crippen LogP contribution is 2.48. The van der Waals surface area contributed by atoms with E-state index in [4.69, 9.17) is 0 Å². The Morgan fingerprint density at radius 2 is 1.96 bits per heavy atom. The van der Waals surface area contributed by atoms with Crippen molar-refractivity contribution in [2.75, 3.05) is 19.6 Å². The lowest BCUT2D eigenvalue weighted by Crippen LogP contribution is -2.42. The topological polar surface area (TPSA) is 60.9 Å². The predicted molar refractivity (Wildman–Crippen MR) is 93.9 cm³/mol. The number of likely N-dealkylation sites (tertiary alicyclic amines) is 1. The number of carbonyl (C=O) groups is 2. The number of benzene rings is 1. The molecule has 1 saturated heterocycles. The van der Waals surface area contributed by atoms with Crippen LogP contribution in [0.5, 0.6) is 0 Å². The lowest BCUT2D eigenvalue weighted by atomic mass is 9.81. The van der Waals surface area contributed by atoms with E-state index in [-0.39, 0.29) is 11.8 Å². The SMILES string of the molecule is O=C(CN1C[C@@H]2CCC[C@@]2(C(=O)O)C1)N(Cc1ccccc1)C1CC1. The van der Waals surface area contributed by atoms with Crippen molar-refractivity contribution in [3.8, 4) is 0 Å². The molecule has 1 aromatic rings. The lowest BCUT2D eigenvalue weighted by molar-refractivity contribution is -0.149. The maximum absolute atomic E-state index is 12.9. The molecule has 2 saturated carbocycles. The molecular formula is C20H26N2O3. The molecule has 0 unspecified atom stereocenters. The Kier molecular flexibility index (Phi) is 4.28. The van der Waals surface area contributed by atoms with Crippen LogP contribution >= 0.6 is 0 Å². The molecule has 1 aromatic carbocycles. The average molecular weight is 342 g/mol. The molecule has 4 rings (SSSR count). The van der Waals surface area contributed by atoms with Gasteiger partial charge in [0.25, 0.3) is 0 Å². The van der Waals surface area contributed by atoms with Crippen molar-refractivity contribution in [3.05, 3.63) is 35.9 Å². The average Bonchev–Trinajstić information content (AvgIpc) is 3.25. The quantitative estimate of drug-likeness (QED) is 0.862. The molecular weight excluding hydrogens is 316 g/mol. The zero-order valence-corrected chi connectivity index (χ0v) is 14.6. The van der Waals surface area contributed by atoms with Gasteiger partial charge in [-0.2, -0.15) is 0 Å². The van der Waals surface area contributed by atoms with Crippen LogP contribution in [0.15, 0.2) is 30.3 Å². The van der Waals surface area contributed by atoms with Crippen LogP contribution in [0.3, 0.4) is 0 Å². The van der Waals surface area contributed by atoms with Crippen LogP contribution in [0.1, 0.15) is 37.7 Å². The van der Waals surface area contributed by atoms with E-state index >= 15 is 0 Å². The number of carboxylic acids is 1. The number of hydrogen-bond acceptors (Lipinski definition) is 3. The summed E-state index contributed by atoms with van der Waals surface area (Å²) in [4.78, 5) is 28.8. The first-order valence-corrected chi connectivity index (χ1v) is 9.38. The molecule has 1 N–H and O–H groups in total. The minimum Gasteiger partial charge on any atom is -0.481 e. The molecule has 2 aliphatic carbocycles. The third-order valence-corrected chi connectivity index (χ3v) is 6.23. The van der Waals surface area contributed by atoms with Crippen LogP contribution in [0, 0.1) is 11.3 Å². The normalized spacial score (nSPS) is 28.7. The van der Waals surface area contributed by atoms with E-state index < -0.39 is 11.4 Å². The predicted octanol–water partition coefficient (Wildman–Crippen LogP) is 2.36. The number of aliphatic carboxylic acids is 1. The highest BCUT2D eigenvalue weighted by atomic mass is 16.4. The third-order valence-electron chi connectivity index (χ3n) is 6.23. The van der Waals surface area contributed by atoms with E-state index in [1.165, 1.54) is 0 Å². The summed E-state index contributed by atoms with van der Waals surface area (Å²) >= 11 is 0. The van der Waals surface area contributed by atoms with Crippen molar-refractivity contribution in [2.24, 2.45) is 11.3 Å². The highest BCUT2D eigenvalue weighted by molar-refractivity contribution is 5.80. The van der Waals surface area contributed by atoms with Gasteiger partial charge >= 0.3 is 5.97 Å². The van der Waals surface area contributed by atoms with E-state index in [9.17, 15) is 14.7 Å². The summed E-state index contributed by atoms with van der Waals surface area (Å²) in [6.07, 6.45) is 4.91. The maximum Gasteiger partial charge on any atom is 0.311 e. The zero-order valence-electron chi connectivity index (χ0n) is 14.6. The van der Waals surface area contributed by atoms with Crippen molar-refractivity contribution < 1.29 is 14.7 Å². The summed E-state index contributed by atoms with van der Waals surface area (Å²) in [7, 11) is 0. The lowest BCUT2D eigenvalue weighted by Gasteiger charge is -2.27. The van der Waals surface area contributed by atoms with Gasteiger partial charge in [0.2, 0.25) is 5.91 Å². The van der Waals surface area contributed by atoms with Gasteiger partial charge in [0.05, 0.1) is 12.0 Å². The largest absolute Gasteiger partial charge is 0.481 e. The fraction of sp³-hybridized carbons (Fsp3) is 0.600. The van der Waals surface area contributed by atoms with Gasteiger partial charge in [0.1, 0.15) is 0 Å². The van der Waals surface area contributed by atoms with Gasteiger partial charge in [-0.05, 0) is 37.2 Å². The van der Waals surface area contributed by atoms with Crippen molar-refractivity contribution in [3.63, 3.8) is 0 Å². The van der Waals surface area contributed by atoms with Gasteiger partial charge in [-0.15, -0.1) is 0 Å². The second-order valence-corrected chi connectivity index (χ2v) is 7.96. The van der Waals surface area contributed by atoms with Gasteiger partial charge in [0, 0.05) is 25.7 Å². The fourth-order valence-electron chi connectivity index (χ4n) is 4.73. The Morgan fingerprint density at radius 3 is 2.60 bits per heavy atom. The summed E-state index contributed by atoms with van der Waals surface area (Å²) in [6, 6.07) is 10.5. The Labute approximate surface area is 148 Å². The molecule has 1 aliphatic heterocycles. The van der Waals surface area contributed by atoms with Crippen LogP contribution in [0.25, 0.3) is 0 Å². The van der Waals surface area contributed by atoms with E-state index in [0.29, 0.717) is 25.7 Å². The van der Waals surface area contributed by atoms with Crippen molar-refractivity contribution >= 4 is 11.9 Å². The number of rotatable bonds is 6. The number of hydrogen-bond donors (Lipinski definition) is 1. The van der Waals surface area contributed by atoms with Gasteiger partial charge < -0.3 is 10.0 Å². The van der Waals surface area contributed by atoms with Gasteiger partial charge in [-0.25, -0.2) is 0 Å². The standard InChI is InChI=1S/C20H26N2O3/c23-18(22(17-8-9-17)11-15-5-2-1-3-6-15)13-21-12-16-7-4-10-20(16,14-21)19(24)25/h1-3,5-6,16-17H,4,7-14H2,(H,24,25)/t16-,20+/m0/s1. The summed E-state index contributed by atoms with van der Waals surface area (Å²) in [5, 5.41) is 9.71. The molecule has 25 heavy (non-hydrogen) atoms. The first-order valence-electron chi connectivity index (χ1n) is 9.38. The molecule has 1 amide bonds. The van der Waals surface area contributed by atoms with Gasteiger partial charge in [-0.3, -0.25) is 14.5 Å². The highest BCUT2D eigenvalue weighted by Gasteiger charge is 2.55. The van der Waals surface area contributed by atoms with Crippen molar-refractivity contribution in [1.29, 1.82) is 0 Å². The number of nitrogens with zero attached hydrogens (tertiary/aromatic N) is 2. The van der Waals surface area contributed by atoms with Crippen LogP contribution in [0.2, 0.25) is 0 Å². The van der Waals surface area contributed by atoms with Crippen molar-refractivity contribution in [1.82, 2.24) is 9.80 Å².